The highest BCUT2D eigenvalue weighted by molar-refractivity contribution is 5.76. The Kier molecular flexibility index (Phi) is 6.46. The molecule has 1 fully saturated rings. The molecule has 0 aromatic rings. The first-order valence-corrected chi connectivity index (χ1v) is 6.79. The lowest BCUT2D eigenvalue weighted by Crippen LogP contribution is -2.44. The van der Waals surface area contributed by atoms with Crippen LogP contribution in [-0.2, 0) is 4.79 Å². The molecule has 0 aliphatic carbocycles. The molecule has 0 aromatic heterocycles. The Balaban J connectivity index is 2.17. The first-order chi connectivity index (χ1) is 7.77. The lowest BCUT2D eigenvalue weighted by molar-refractivity contribution is -0.132. The summed E-state index contributed by atoms with van der Waals surface area (Å²) < 4.78 is 0. The van der Waals surface area contributed by atoms with E-state index in [1.165, 1.54) is 12.8 Å². The molecule has 0 bridgehead atoms. The zero-order valence-electron chi connectivity index (χ0n) is 10.8. The van der Waals surface area contributed by atoms with Gasteiger partial charge >= 0.3 is 0 Å². The molecule has 1 rings (SSSR count). The molecule has 94 valence electrons. The number of carbonyl (C=O) groups is 1. The highest BCUT2D eigenvalue weighted by atomic mass is 16.2. The number of unbranched alkanes of at least 4 members (excludes halogenated alkanes) is 2. The molecule has 0 radical (unpaired) electrons. The fraction of sp³-hybridized carbons (Fsp3) is 0.923. The van der Waals surface area contributed by atoms with E-state index in [1.807, 2.05) is 4.90 Å². The number of nitrogens with one attached hydrogen (secondary N) is 1. The van der Waals surface area contributed by atoms with Gasteiger partial charge in [0.25, 0.3) is 0 Å². The molecular weight excluding hydrogens is 200 g/mol. The molecule has 1 heterocycles. The van der Waals surface area contributed by atoms with Gasteiger partial charge in [-0.2, -0.15) is 0 Å². The summed E-state index contributed by atoms with van der Waals surface area (Å²) in [5, 5.41) is 3.46. The summed E-state index contributed by atoms with van der Waals surface area (Å²) in [6.07, 6.45) is 6.41. The molecule has 1 amide bonds. The summed E-state index contributed by atoms with van der Waals surface area (Å²) in [5.74, 6) is 0.364. The summed E-state index contributed by atoms with van der Waals surface area (Å²) in [5.41, 5.74) is 0. The topological polar surface area (TPSA) is 32.3 Å². The van der Waals surface area contributed by atoms with Gasteiger partial charge < -0.3 is 10.2 Å². The SMILES string of the molecule is CCCCCC(=O)N1CCC(NCC)CC1. The Bertz CT molecular complexity index is 198. The molecule has 1 N–H and O–H groups in total. The van der Waals surface area contributed by atoms with E-state index in [-0.39, 0.29) is 0 Å². The number of amides is 1. The largest absolute Gasteiger partial charge is 0.343 e. The maximum atomic E-state index is 11.8. The van der Waals surface area contributed by atoms with Gasteiger partial charge in [0, 0.05) is 25.6 Å². The van der Waals surface area contributed by atoms with Crippen molar-refractivity contribution in [1.82, 2.24) is 10.2 Å². The molecule has 16 heavy (non-hydrogen) atoms. The Morgan fingerprint density at radius 1 is 1.25 bits per heavy atom. The number of hydrogen-bond acceptors (Lipinski definition) is 2. The normalized spacial score (nSPS) is 17.8. The zero-order valence-corrected chi connectivity index (χ0v) is 10.8. The minimum atomic E-state index is 0.364. The lowest BCUT2D eigenvalue weighted by Gasteiger charge is -2.32. The monoisotopic (exact) mass is 226 g/mol. The van der Waals surface area contributed by atoms with Gasteiger partial charge in [0.2, 0.25) is 5.91 Å². The van der Waals surface area contributed by atoms with Crippen molar-refractivity contribution in [2.24, 2.45) is 0 Å². The van der Waals surface area contributed by atoms with Crippen molar-refractivity contribution in [3.8, 4) is 0 Å². The highest BCUT2D eigenvalue weighted by Crippen LogP contribution is 2.12. The van der Waals surface area contributed by atoms with E-state index >= 15 is 0 Å². The number of piperidine rings is 1. The molecule has 0 spiro atoms. The van der Waals surface area contributed by atoms with Crippen molar-refractivity contribution in [3.05, 3.63) is 0 Å². The van der Waals surface area contributed by atoms with E-state index in [0.717, 1.165) is 45.3 Å². The van der Waals surface area contributed by atoms with Crippen molar-refractivity contribution in [2.45, 2.75) is 58.4 Å². The minimum Gasteiger partial charge on any atom is -0.343 e. The van der Waals surface area contributed by atoms with E-state index in [1.54, 1.807) is 0 Å². The predicted octanol–water partition coefficient (Wildman–Crippen LogP) is 2.17. The molecule has 3 nitrogen and oxygen atoms in total. The Hall–Kier alpha value is -0.570. The number of rotatable bonds is 6. The van der Waals surface area contributed by atoms with Crippen LogP contribution in [0.1, 0.15) is 52.4 Å². The van der Waals surface area contributed by atoms with Crippen molar-refractivity contribution in [1.29, 1.82) is 0 Å². The quantitative estimate of drug-likeness (QED) is 0.704. The summed E-state index contributed by atoms with van der Waals surface area (Å²) in [6.45, 7) is 7.25. The standard InChI is InChI=1S/C13H26N2O/c1-3-5-6-7-13(16)15-10-8-12(9-11-15)14-4-2/h12,14H,3-11H2,1-2H3. The number of carbonyl (C=O) groups excluding carboxylic acids is 1. The Morgan fingerprint density at radius 3 is 2.50 bits per heavy atom. The lowest BCUT2D eigenvalue weighted by atomic mass is 10.0. The number of likely N-dealkylation sites (tertiary alicyclic amines) is 1. The third-order valence-electron chi connectivity index (χ3n) is 3.33. The van der Waals surface area contributed by atoms with Crippen LogP contribution in [0.3, 0.4) is 0 Å². The van der Waals surface area contributed by atoms with Crippen molar-refractivity contribution in [2.75, 3.05) is 19.6 Å². The third-order valence-corrected chi connectivity index (χ3v) is 3.33. The van der Waals surface area contributed by atoms with Crippen LogP contribution in [0, 0.1) is 0 Å². The number of nitrogens with zero attached hydrogens (tertiary/aromatic N) is 1. The summed E-state index contributed by atoms with van der Waals surface area (Å²) in [4.78, 5) is 13.9. The van der Waals surface area contributed by atoms with Gasteiger partial charge in [-0.25, -0.2) is 0 Å². The first kappa shape index (κ1) is 13.5. The summed E-state index contributed by atoms with van der Waals surface area (Å²) >= 11 is 0. The molecule has 0 unspecified atom stereocenters. The molecule has 0 atom stereocenters. The van der Waals surface area contributed by atoms with E-state index in [9.17, 15) is 4.79 Å². The van der Waals surface area contributed by atoms with E-state index in [2.05, 4.69) is 19.2 Å². The van der Waals surface area contributed by atoms with Crippen LogP contribution in [0.25, 0.3) is 0 Å². The smallest absolute Gasteiger partial charge is 0.222 e. The summed E-state index contributed by atoms with van der Waals surface area (Å²) in [7, 11) is 0. The van der Waals surface area contributed by atoms with Crippen LogP contribution in [0.4, 0.5) is 0 Å². The molecule has 3 heteroatoms. The van der Waals surface area contributed by atoms with Crippen molar-refractivity contribution >= 4 is 5.91 Å². The molecule has 1 aliphatic heterocycles. The average molecular weight is 226 g/mol. The van der Waals surface area contributed by atoms with Gasteiger partial charge in [-0.3, -0.25) is 4.79 Å². The van der Waals surface area contributed by atoms with Gasteiger partial charge in [-0.05, 0) is 25.8 Å². The Labute approximate surface area is 99.6 Å². The van der Waals surface area contributed by atoms with Crippen LogP contribution in [-0.4, -0.2) is 36.5 Å². The molecule has 0 aromatic carbocycles. The van der Waals surface area contributed by atoms with Gasteiger partial charge in [0.1, 0.15) is 0 Å². The second-order valence-corrected chi connectivity index (χ2v) is 4.67. The van der Waals surface area contributed by atoms with Gasteiger partial charge in [0.15, 0.2) is 0 Å². The first-order valence-electron chi connectivity index (χ1n) is 6.79. The van der Waals surface area contributed by atoms with Crippen LogP contribution in [0.15, 0.2) is 0 Å². The van der Waals surface area contributed by atoms with E-state index < -0.39 is 0 Å². The minimum absolute atomic E-state index is 0.364. The zero-order chi connectivity index (χ0) is 11.8. The van der Waals surface area contributed by atoms with Gasteiger partial charge in [-0.1, -0.05) is 26.7 Å². The predicted molar refractivity (Wildman–Crippen MR) is 67.4 cm³/mol. The van der Waals surface area contributed by atoms with E-state index in [0.29, 0.717) is 11.9 Å². The van der Waals surface area contributed by atoms with Crippen LogP contribution < -0.4 is 5.32 Å². The molecule has 1 saturated heterocycles. The molecule has 0 saturated carbocycles. The second kappa shape index (κ2) is 7.66. The van der Waals surface area contributed by atoms with Crippen molar-refractivity contribution in [3.63, 3.8) is 0 Å². The maximum absolute atomic E-state index is 11.8. The molecule has 1 aliphatic rings. The van der Waals surface area contributed by atoms with Crippen LogP contribution in [0.5, 0.6) is 0 Å². The summed E-state index contributed by atoms with van der Waals surface area (Å²) in [6, 6.07) is 0.629. The van der Waals surface area contributed by atoms with Crippen LogP contribution in [0.2, 0.25) is 0 Å². The highest BCUT2D eigenvalue weighted by Gasteiger charge is 2.21. The average Bonchev–Trinajstić information content (AvgIpc) is 2.30. The van der Waals surface area contributed by atoms with Crippen molar-refractivity contribution < 1.29 is 4.79 Å². The Morgan fingerprint density at radius 2 is 1.94 bits per heavy atom. The van der Waals surface area contributed by atoms with E-state index in [4.69, 9.17) is 0 Å². The van der Waals surface area contributed by atoms with Crippen LogP contribution >= 0.6 is 0 Å². The fourth-order valence-electron chi connectivity index (χ4n) is 2.31. The third kappa shape index (κ3) is 4.52. The molecular formula is C13H26N2O. The van der Waals surface area contributed by atoms with Gasteiger partial charge in [0.05, 0.1) is 0 Å². The fourth-order valence-corrected chi connectivity index (χ4v) is 2.31. The van der Waals surface area contributed by atoms with Gasteiger partial charge in [-0.15, -0.1) is 0 Å². The number of hydrogen-bond donors (Lipinski definition) is 1. The maximum Gasteiger partial charge on any atom is 0.222 e. The second-order valence-electron chi connectivity index (χ2n) is 4.67.